The largest absolute Gasteiger partial charge is 0.353 e. The van der Waals surface area contributed by atoms with Crippen molar-refractivity contribution in [1.29, 1.82) is 0 Å². The van der Waals surface area contributed by atoms with E-state index in [-0.39, 0.29) is 24.3 Å². The normalized spacial score (nSPS) is 19.9. The highest BCUT2D eigenvalue weighted by molar-refractivity contribution is 5.88. The zero-order valence-corrected chi connectivity index (χ0v) is 10.8. The van der Waals surface area contributed by atoms with Crippen molar-refractivity contribution in [1.82, 2.24) is 15.5 Å². The second-order valence-corrected chi connectivity index (χ2v) is 4.38. The molecule has 0 bridgehead atoms. The predicted octanol–water partition coefficient (Wildman–Crippen LogP) is 0.113. The van der Waals surface area contributed by atoms with Gasteiger partial charge in [-0.3, -0.25) is 9.59 Å². The van der Waals surface area contributed by atoms with Crippen molar-refractivity contribution in [3.63, 3.8) is 0 Å². The first-order valence-electron chi connectivity index (χ1n) is 6.47. The minimum Gasteiger partial charge on any atom is -0.353 e. The molecular formula is C12H23N3O2. The Balaban J connectivity index is 2.46. The quantitative estimate of drug-likeness (QED) is 0.694. The summed E-state index contributed by atoms with van der Waals surface area (Å²) in [4.78, 5) is 25.4. The Bertz CT molecular complexity index is 262. The average molecular weight is 241 g/mol. The number of nitrogens with one attached hydrogen (secondary N) is 2. The van der Waals surface area contributed by atoms with Crippen molar-refractivity contribution >= 4 is 11.8 Å². The maximum atomic E-state index is 12.0. The molecule has 1 heterocycles. The first-order valence-corrected chi connectivity index (χ1v) is 6.47. The van der Waals surface area contributed by atoms with Crippen LogP contribution in [-0.4, -0.2) is 48.9 Å². The Morgan fingerprint density at radius 2 is 1.94 bits per heavy atom. The molecule has 5 nitrogen and oxygen atoms in total. The predicted molar refractivity (Wildman–Crippen MR) is 66.6 cm³/mol. The van der Waals surface area contributed by atoms with Gasteiger partial charge in [0.15, 0.2) is 0 Å². The van der Waals surface area contributed by atoms with Gasteiger partial charge in [0.2, 0.25) is 11.8 Å². The highest BCUT2D eigenvalue weighted by Gasteiger charge is 2.25. The van der Waals surface area contributed by atoms with Crippen LogP contribution in [0, 0.1) is 0 Å². The summed E-state index contributed by atoms with van der Waals surface area (Å²) in [7, 11) is 0. The van der Waals surface area contributed by atoms with E-state index in [2.05, 4.69) is 24.5 Å². The van der Waals surface area contributed by atoms with E-state index in [0.29, 0.717) is 6.54 Å². The van der Waals surface area contributed by atoms with Gasteiger partial charge in [0.25, 0.3) is 0 Å². The molecule has 1 fully saturated rings. The Labute approximate surface area is 103 Å². The van der Waals surface area contributed by atoms with E-state index in [9.17, 15) is 9.59 Å². The monoisotopic (exact) mass is 241 g/mol. The van der Waals surface area contributed by atoms with Gasteiger partial charge in [0.05, 0.1) is 12.5 Å². The maximum Gasteiger partial charge on any atom is 0.237 e. The van der Waals surface area contributed by atoms with E-state index in [4.69, 9.17) is 0 Å². The minimum absolute atomic E-state index is 0.0578. The molecule has 0 spiro atoms. The molecule has 0 saturated carbocycles. The van der Waals surface area contributed by atoms with Crippen molar-refractivity contribution in [2.24, 2.45) is 0 Å². The molecule has 1 aliphatic rings. The van der Waals surface area contributed by atoms with Crippen LogP contribution < -0.4 is 10.6 Å². The van der Waals surface area contributed by atoms with Gasteiger partial charge < -0.3 is 15.5 Å². The second-order valence-electron chi connectivity index (χ2n) is 4.38. The molecule has 1 aliphatic heterocycles. The number of carbonyl (C=O) groups is 2. The van der Waals surface area contributed by atoms with Gasteiger partial charge in [0.1, 0.15) is 0 Å². The molecule has 1 atom stereocenters. The Kier molecular flexibility index (Phi) is 5.97. The van der Waals surface area contributed by atoms with Crippen LogP contribution in [0.3, 0.4) is 0 Å². The first-order chi connectivity index (χ1) is 8.19. The third kappa shape index (κ3) is 4.34. The minimum atomic E-state index is -0.354. The lowest BCUT2D eigenvalue weighted by atomic mass is 10.1. The SMILES string of the molecule is CCCN(CCC)C(=O)CC1NCCNC1=O. The van der Waals surface area contributed by atoms with Crippen LogP contribution >= 0.6 is 0 Å². The Morgan fingerprint density at radius 1 is 1.29 bits per heavy atom. The molecule has 17 heavy (non-hydrogen) atoms. The smallest absolute Gasteiger partial charge is 0.237 e. The summed E-state index contributed by atoms with van der Waals surface area (Å²) >= 11 is 0. The van der Waals surface area contributed by atoms with Gasteiger partial charge in [0, 0.05) is 26.2 Å². The van der Waals surface area contributed by atoms with Gasteiger partial charge >= 0.3 is 0 Å². The number of carbonyl (C=O) groups excluding carboxylic acids is 2. The van der Waals surface area contributed by atoms with Crippen molar-refractivity contribution in [2.45, 2.75) is 39.2 Å². The van der Waals surface area contributed by atoms with Gasteiger partial charge in [-0.1, -0.05) is 13.8 Å². The summed E-state index contributed by atoms with van der Waals surface area (Å²) in [5.74, 6) is 0.0146. The molecule has 1 unspecified atom stereocenters. The number of amides is 2. The molecule has 0 aliphatic carbocycles. The second kappa shape index (κ2) is 7.27. The molecule has 0 aromatic rings. The number of hydrogen-bond donors (Lipinski definition) is 2. The van der Waals surface area contributed by atoms with Gasteiger partial charge in [-0.2, -0.15) is 0 Å². The van der Waals surface area contributed by atoms with Crippen LogP contribution in [0.2, 0.25) is 0 Å². The van der Waals surface area contributed by atoms with Crippen LogP contribution in [0.4, 0.5) is 0 Å². The van der Waals surface area contributed by atoms with E-state index < -0.39 is 0 Å². The molecule has 5 heteroatoms. The number of hydrogen-bond acceptors (Lipinski definition) is 3. The van der Waals surface area contributed by atoms with E-state index in [1.165, 1.54) is 0 Å². The van der Waals surface area contributed by atoms with Crippen molar-refractivity contribution in [2.75, 3.05) is 26.2 Å². The third-order valence-corrected chi connectivity index (χ3v) is 2.85. The Hall–Kier alpha value is -1.10. The number of rotatable bonds is 6. The van der Waals surface area contributed by atoms with E-state index in [0.717, 1.165) is 32.5 Å². The third-order valence-electron chi connectivity index (χ3n) is 2.85. The molecular weight excluding hydrogens is 218 g/mol. The van der Waals surface area contributed by atoms with Crippen LogP contribution in [0.1, 0.15) is 33.1 Å². The van der Waals surface area contributed by atoms with Crippen molar-refractivity contribution in [3.05, 3.63) is 0 Å². The molecule has 0 radical (unpaired) electrons. The van der Waals surface area contributed by atoms with Crippen LogP contribution in [-0.2, 0) is 9.59 Å². The van der Waals surface area contributed by atoms with E-state index >= 15 is 0 Å². The summed E-state index contributed by atoms with van der Waals surface area (Å²) in [5, 5.41) is 5.85. The highest BCUT2D eigenvalue weighted by Crippen LogP contribution is 2.03. The fourth-order valence-corrected chi connectivity index (χ4v) is 2.02. The van der Waals surface area contributed by atoms with E-state index in [1.54, 1.807) is 0 Å². The number of piperazine rings is 1. The molecule has 0 aromatic carbocycles. The standard InChI is InChI=1S/C12H23N3O2/c1-3-7-15(8-4-2)11(16)9-10-12(17)14-6-5-13-10/h10,13H,3-9H2,1-2H3,(H,14,17). The van der Waals surface area contributed by atoms with Crippen molar-refractivity contribution < 1.29 is 9.59 Å². The molecule has 98 valence electrons. The Morgan fingerprint density at radius 3 is 2.47 bits per heavy atom. The lowest BCUT2D eigenvalue weighted by Crippen LogP contribution is -2.54. The van der Waals surface area contributed by atoms with Gasteiger partial charge in [-0.25, -0.2) is 0 Å². The zero-order chi connectivity index (χ0) is 12.7. The van der Waals surface area contributed by atoms with Gasteiger partial charge in [-0.05, 0) is 12.8 Å². The van der Waals surface area contributed by atoms with Crippen LogP contribution in [0.5, 0.6) is 0 Å². The summed E-state index contributed by atoms with van der Waals surface area (Å²) in [6.07, 6.45) is 2.18. The highest BCUT2D eigenvalue weighted by atomic mass is 16.2. The van der Waals surface area contributed by atoms with Crippen molar-refractivity contribution in [3.8, 4) is 0 Å². The molecule has 1 rings (SSSR count). The maximum absolute atomic E-state index is 12.0. The number of nitrogens with zero attached hydrogens (tertiary/aromatic N) is 1. The van der Waals surface area contributed by atoms with E-state index in [1.807, 2.05) is 4.90 Å². The first kappa shape index (κ1) is 14.0. The lowest BCUT2D eigenvalue weighted by Gasteiger charge is -2.27. The molecule has 1 saturated heterocycles. The summed E-state index contributed by atoms with van der Waals surface area (Å²) < 4.78 is 0. The molecule has 2 amide bonds. The van der Waals surface area contributed by atoms with Gasteiger partial charge in [-0.15, -0.1) is 0 Å². The summed E-state index contributed by atoms with van der Waals surface area (Å²) in [6, 6.07) is -0.354. The average Bonchev–Trinajstić information content (AvgIpc) is 2.32. The summed E-state index contributed by atoms with van der Waals surface area (Å²) in [5.41, 5.74) is 0. The van der Waals surface area contributed by atoms with Crippen LogP contribution in [0.25, 0.3) is 0 Å². The molecule has 2 N–H and O–H groups in total. The van der Waals surface area contributed by atoms with Crippen LogP contribution in [0.15, 0.2) is 0 Å². The molecule has 0 aromatic heterocycles. The topological polar surface area (TPSA) is 61.4 Å². The fourth-order valence-electron chi connectivity index (χ4n) is 2.02. The lowest BCUT2D eigenvalue weighted by molar-refractivity contribution is -0.135. The zero-order valence-electron chi connectivity index (χ0n) is 10.8. The summed E-state index contributed by atoms with van der Waals surface area (Å²) in [6.45, 7) is 7.06. The fraction of sp³-hybridized carbons (Fsp3) is 0.833.